The second-order valence-electron chi connectivity index (χ2n) is 8.36. The summed E-state index contributed by atoms with van der Waals surface area (Å²) in [5.41, 5.74) is 0.667. The molecule has 0 radical (unpaired) electrons. The Hall–Kier alpha value is 0. The fraction of sp³-hybridized carbons (Fsp3) is 1.00. The van der Waals surface area contributed by atoms with Gasteiger partial charge in [-0.15, -0.1) is 0 Å². The van der Waals surface area contributed by atoms with Crippen LogP contribution >= 0.6 is 0 Å². The van der Waals surface area contributed by atoms with Crippen LogP contribution in [0.1, 0.15) is 88.5 Å². The Morgan fingerprint density at radius 3 is 1.05 bits per heavy atom. The Balaban J connectivity index is 0.000000276. The van der Waals surface area contributed by atoms with Gasteiger partial charge in [0.05, 0.1) is 0 Å². The quantitative estimate of drug-likeness (QED) is 0.520. The normalized spacial score (nSPS) is 35.7. The lowest BCUT2D eigenvalue weighted by Gasteiger charge is -2.14. The molecule has 2 aliphatic carbocycles. The SMILES string of the molecule is CC1C(C)C1(C)C.CC1CC1C.CC[C@@H](C)[C@@H](C)CC. The van der Waals surface area contributed by atoms with E-state index >= 15 is 0 Å². The summed E-state index contributed by atoms with van der Waals surface area (Å²) in [6.45, 7) is 23.1. The van der Waals surface area contributed by atoms with Gasteiger partial charge in [-0.05, 0) is 47.3 Å². The Morgan fingerprint density at radius 1 is 0.800 bits per heavy atom. The largest absolute Gasteiger partial charge is 0.0651 e. The maximum absolute atomic E-state index is 2.34. The van der Waals surface area contributed by atoms with Crippen molar-refractivity contribution in [2.24, 2.45) is 40.9 Å². The Labute approximate surface area is 130 Å². The molecule has 0 amide bonds. The van der Waals surface area contributed by atoms with E-state index in [1.165, 1.54) is 19.3 Å². The van der Waals surface area contributed by atoms with E-state index < -0.39 is 0 Å². The van der Waals surface area contributed by atoms with Gasteiger partial charge in [0.15, 0.2) is 0 Å². The molecule has 20 heavy (non-hydrogen) atoms. The van der Waals surface area contributed by atoms with Crippen LogP contribution in [0.15, 0.2) is 0 Å². The van der Waals surface area contributed by atoms with E-state index in [2.05, 4.69) is 69.2 Å². The van der Waals surface area contributed by atoms with Gasteiger partial charge in [0.2, 0.25) is 0 Å². The first-order valence-corrected chi connectivity index (χ1v) is 9.09. The molecule has 0 aliphatic heterocycles. The minimum absolute atomic E-state index is 0.667. The highest BCUT2D eigenvalue weighted by molar-refractivity contribution is 4.99. The summed E-state index contributed by atoms with van der Waals surface area (Å²) in [6, 6.07) is 0. The summed E-state index contributed by atoms with van der Waals surface area (Å²) >= 11 is 0. The highest BCUT2D eigenvalue weighted by Crippen LogP contribution is 2.57. The second kappa shape index (κ2) is 8.44. The molecule has 0 aromatic rings. The third kappa shape index (κ3) is 6.64. The fourth-order valence-electron chi connectivity index (χ4n) is 2.51. The fourth-order valence-corrected chi connectivity index (χ4v) is 2.51. The second-order valence-corrected chi connectivity index (χ2v) is 8.36. The van der Waals surface area contributed by atoms with E-state index in [0.29, 0.717) is 5.41 Å². The molecule has 122 valence electrons. The molecule has 2 saturated carbocycles. The first kappa shape index (κ1) is 20.0. The van der Waals surface area contributed by atoms with E-state index in [1.807, 2.05) is 0 Å². The van der Waals surface area contributed by atoms with Crippen LogP contribution in [0.2, 0.25) is 0 Å². The van der Waals surface area contributed by atoms with Gasteiger partial charge in [0.25, 0.3) is 0 Å². The molecule has 0 N–H and O–H groups in total. The number of rotatable bonds is 3. The molecule has 2 rings (SSSR count). The van der Waals surface area contributed by atoms with Gasteiger partial charge in [0, 0.05) is 0 Å². The summed E-state index contributed by atoms with van der Waals surface area (Å²) in [6.07, 6.45) is 4.13. The lowest BCUT2D eigenvalue weighted by Crippen LogP contribution is -2.04. The first-order valence-electron chi connectivity index (χ1n) is 9.09. The molecule has 2 fully saturated rings. The van der Waals surface area contributed by atoms with Crippen molar-refractivity contribution in [2.45, 2.75) is 88.5 Å². The summed E-state index contributed by atoms with van der Waals surface area (Å²) in [5, 5.41) is 0. The monoisotopic (exact) mass is 282 g/mol. The van der Waals surface area contributed by atoms with Crippen LogP contribution in [-0.2, 0) is 0 Å². The molecule has 4 unspecified atom stereocenters. The van der Waals surface area contributed by atoms with Crippen molar-refractivity contribution in [3.05, 3.63) is 0 Å². The van der Waals surface area contributed by atoms with Gasteiger partial charge >= 0.3 is 0 Å². The molecule has 0 saturated heterocycles. The number of hydrogen-bond acceptors (Lipinski definition) is 0. The molecule has 0 aromatic heterocycles. The molecular formula is C20H42. The summed E-state index contributed by atoms with van der Waals surface area (Å²) < 4.78 is 0. The molecule has 6 atom stereocenters. The highest BCUT2D eigenvalue weighted by atomic mass is 14.6. The van der Waals surface area contributed by atoms with Crippen molar-refractivity contribution in [2.75, 3.05) is 0 Å². The molecule has 0 nitrogen and oxygen atoms in total. The zero-order valence-corrected chi connectivity index (χ0v) is 16.1. The molecule has 0 spiro atoms. The standard InChI is InChI=1S/C8H18.C7H14.C5H10/c1-5-7(3)8(4)6-2;1-5-6(2)7(5,3)4;1-4-3-5(4)2/h7-8H,5-6H2,1-4H3;5-6H,1-4H3;4-5H,3H2,1-2H3/t7-,8+;;. The third-order valence-electron chi connectivity index (χ3n) is 6.76. The maximum Gasteiger partial charge on any atom is -0.0297 e. The zero-order valence-electron chi connectivity index (χ0n) is 16.1. The molecule has 0 heteroatoms. The topological polar surface area (TPSA) is 0 Å². The molecule has 0 heterocycles. The van der Waals surface area contributed by atoms with Crippen LogP contribution in [0, 0.1) is 40.9 Å². The van der Waals surface area contributed by atoms with Crippen LogP contribution in [0.25, 0.3) is 0 Å². The Morgan fingerprint density at radius 2 is 1.00 bits per heavy atom. The van der Waals surface area contributed by atoms with E-state index in [1.54, 1.807) is 0 Å². The summed E-state index contributed by atoms with van der Waals surface area (Å²) in [5.74, 6) is 5.87. The van der Waals surface area contributed by atoms with E-state index in [4.69, 9.17) is 0 Å². The maximum atomic E-state index is 2.34. The van der Waals surface area contributed by atoms with Crippen LogP contribution < -0.4 is 0 Å². The molecule has 0 bridgehead atoms. The minimum Gasteiger partial charge on any atom is -0.0651 e. The summed E-state index contributed by atoms with van der Waals surface area (Å²) in [4.78, 5) is 0. The van der Waals surface area contributed by atoms with Crippen LogP contribution in [0.5, 0.6) is 0 Å². The summed E-state index contributed by atoms with van der Waals surface area (Å²) in [7, 11) is 0. The van der Waals surface area contributed by atoms with Gasteiger partial charge < -0.3 is 0 Å². The van der Waals surface area contributed by atoms with Crippen molar-refractivity contribution in [3.8, 4) is 0 Å². The van der Waals surface area contributed by atoms with Gasteiger partial charge in [-0.2, -0.15) is 0 Å². The number of hydrogen-bond donors (Lipinski definition) is 0. The van der Waals surface area contributed by atoms with Gasteiger partial charge in [-0.1, -0.05) is 82.1 Å². The predicted molar refractivity (Wildman–Crippen MR) is 94.0 cm³/mol. The van der Waals surface area contributed by atoms with Gasteiger partial charge in [-0.3, -0.25) is 0 Å². The van der Waals surface area contributed by atoms with E-state index in [-0.39, 0.29) is 0 Å². The first-order chi connectivity index (χ1) is 9.09. The highest BCUT2D eigenvalue weighted by Gasteiger charge is 2.50. The van der Waals surface area contributed by atoms with Crippen molar-refractivity contribution < 1.29 is 0 Å². The minimum atomic E-state index is 0.667. The van der Waals surface area contributed by atoms with Crippen molar-refractivity contribution in [1.29, 1.82) is 0 Å². The lowest BCUT2D eigenvalue weighted by atomic mass is 9.92. The average Bonchev–Trinajstić information content (AvgIpc) is 3.20. The van der Waals surface area contributed by atoms with Gasteiger partial charge in [-0.25, -0.2) is 0 Å². The lowest BCUT2D eigenvalue weighted by molar-refractivity contribution is 0.367. The van der Waals surface area contributed by atoms with Crippen molar-refractivity contribution in [3.63, 3.8) is 0 Å². The van der Waals surface area contributed by atoms with Gasteiger partial charge in [0.1, 0.15) is 0 Å². The molecule has 2 aliphatic rings. The van der Waals surface area contributed by atoms with E-state index in [0.717, 1.165) is 35.5 Å². The van der Waals surface area contributed by atoms with Crippen LogP contribution in [0.3, 0.4) is 0 Å². The Kier molecular flexibility index (Phi) is 8.44. The predicted octanol–water partition coefficient (Wildman–Crippen LogP) is 7.04. The third-order valence-corrected chi connectivity index (χ3v) is 6.76. The van der Waals surface area contributed by atoms with Crippen LogP contribution in [0.4, 0.5) is 0 Å². The smallest absolute Gasteiger partial charge is 0.0297 e. The van der Waals surface area contributed by atoms with Crippen molar-refractivity contribution in [1.82, 2.24) is 0 Å². The molecular weight excluding hydrogens is 240 g/mol. The van der Waals surface area contributed by atoms with Crippen LogP contribution in [-0.4, -0.2) is 0 Å². The van der Waals surface area contributed by atoms with E-state index in [9.17, 15) is 0 Å². The van der Waals surface area contributed by atoms with Crippen molar-refractivity contribution >= 4 is 0 Å². The Bertz CT molecular complexity index is 229. The average molecular weight is 283 g/mol. The molecule has 0 aromatic carbocycles. The zero-order chi connectivity index (χ0) is 16.1.